The standard InChI is InChI=1S/C20H23N3O/c1-2-8-17(9-3-1)24-15-14-23-19-11-5-4-10-18(19)21-20(23)16-22-12-6-7-13-22/h1-5,8-11H,6-7,12-16H2. The van der Waals surface area contributed by atoms with Crippen LogP contribution in [0.25, 0.3) is 11.0 Å². The molecule has 4 rings (SSSR count). The van der Waals surface area contributed by atoms with Crippen molar-refractivity contribution in [3.8, 4) is 5.75 Å². The lowest BCUT2D eigenvalue weighted by Crippen LogP contribution is -2.22. The molecular formula is C20H23N3O. The molecule has 1 fully saturated rings. The quantitative estimate of drug-likeness (QED) is 0.693. The molecule has 24 heavy (non-hydrogen) atoms. The maximum absolute atomic E-state index is 5.89. The molecule has 0 unspecified atom stereocenters. The Morgan fingerprint density at radius 1 is 0.917 bits per heavy atom. The largest absolute Gasteiger partial charge is 0.492 e. The van der Waals surface area contributed by atoms with Crippen molar-refractivity contribution < 1.29 is 4.74 Å². The normalized spacial score (nSPS) is 15.2. The summed E-state index contributed by atoms with van der Waals surface area (Å²) in [5.41, 5.74) is 2.27. The van der Waals surface area contributed by atoms with Crippen molar-refractivity contribution in [1.29, 1.82) is 0 Å². The zero-order valence-electron chi connectivity index (χ0n) is 13.9. The molecule has 4 heteroatoms. The number of aromatic nitrogens is 2. The summed E-state index contributed by atoms with van der Waals surface area (Å²) in [6.45, 7) is 4.77. The van der Waals surface area contributed by atoms with E-state index in [2.05, 4.69) is 33.7 Å². The van der Waals surface area contributed by atoms with Crippen LogP contribution in [0.15, 0.2) is 54.6 Å². The Labute approximate surface area is 142 Å². The summed E-state index contributed by atoms with van der Waals surface area (Å²) in [6.07, 6.45) is 2.61. The van der Waals surface area contributed by atoms with Crippen LogP contribution in [0.1, 0.15) is 18.7 Å². The second-order valence-electron chi connectivity index (χ2n) is 6.31. The molecule has 0 saturated carbocycles. The van der Waals surface area contributed by atoms with Crippen molar-refractivity contribution in [2.75, 3.05) is 19.7 Å². The van der Waals surface area contributed by atoms with Crippen LogP contribution in [-0.4, -0.2) is 34.1 Å². The molecule has 2 aromatic carbocycles. The maximum atomic E-state index is 5.89. The van der Waals surface area contributed by atoms with Crippen molar-refractivity contribution in [2.24, 2.45) is 0 Å². The van der Waals surface area contributed by atoms with Crippen LogP contribution in [0, 0.1) is 0 Å². The lowest BCUT2D eigenvalue weighted by Gasteiger charge is -2.16. The molecular weight excluding hydrogens is 298 g/mol. The van der Waals surface area contributed by atoms with Gasteiger partial charge in [-0.25, -0.2) is 4.98 Å². The zero-order chi connectivity index (χ0) is 16.2. The minimum Gasteiger partial charge on any atom is -0.492 e. The first kappa shape index (κ1) is 15.2. The second-order valence-corrected chi connectivity index (χ2v) is 6.31. The second kappa shape index (κ2) is 7.05. The number of hydrogen-bond acceptors (Lipinski definition) is 3. The fraction of sp³-hybridized carbons (Fsp3) is 0.350. The third-order valence-corrected chi connectivity index (χ3v) is 4.62. The maximum Gasteiger partial charge on any atom is 0.124 e. The topological polar surface area (TPSA) is 30.3 Å². The Bertz CT molecular complexity index is 791. The van der Waals surface area contributed by atoms with Crippen molar-refractivity contribution in [3.05, 3.63) is 60.4 Å². The van der Waals surface area contributed by atoms with Gasteiger partial charge in [0.1, 0.15) is 18.2 Å². The molecule has 0 N–H and O–H groups in total. The molecule has 4 nitrogen and oxygen atoms in total. The average Bonchev–Trinajstić information content (AvgIpc) is 3.25. The minimum atomic E-state index is 0.650. The van der Waals surface area contributed by atoms with E-state index in [4.69, 9.17) is 9.72 Å². The van der Waals surface area contributed by atoms with Gasteiger partial charge in [0.15, 0.2) is 0 Å². The number of hydrogen-bond donors (Lipinski definition) is 0. The van der Waals surface area contributed by atoms with Gasteiger partial charge in [0.05, 0.1) is 24.1 Å². The van der Waals surface area contributed by atoms with E-state index in [-0.39, 0.29) is 0 Å². The van der Waals surface area contributed by atoms with Crippen molar-refractivity contribution >= 4 is 11.0 Å². The van der Waals surface area contributed by atoms with E-state index in [1.54, 1.807) is 0 Å². The highest BCUT2D eigenvalue weighted by Crippen LogP contribution is 2.19. The van der Waals surface area contributed by atoms with Crippen LogP contribution < -0.4 is 4.74 Å². The van der Waals surface area contributed by atoms with Gasteiger partial charge in [-0.2, -0.15) is 0 Å². The van der Waals surface area contributed by atoms with Gasteiger partial charge >= 0.3 is 0 Å². The first-order valence-corrected chi connectivity index (χ1v) is 8.74. The predicted octanol–water partition coefficient (Wildman–Crippen LogP) is 3.71. The summed E-state index contributed by atoms with van der Waals surface area (Å²) < 4.78 is 8.21. The van der Waals surface area contributed by atoms with Gasteiger partial charge in [0.25, 0.3) is 0 Å². The van der Waals surface area contributed by atoms with Crippen molar-refractivity contribution in [2.45, 2.75) is 25.9 Å². The minimum absolute atomic E-state index is 0.650. The van der Waals surface area contributed by atoms with Gasteiger partial charge < -0.3 is 9.30 Å². The van der Waals surface area contributed by atoms with E-state index in [9.17, 15) is 0 Å². The number of para-hydroxylation sites is 3. The number of imidazole rings is 1. The molecule has 1 saturated heterocycles. The highest BCUT2D eigenvalue weighted by molar-refractivity contribution is 5.75. The number of benzene rings is 2. The van der Waals surface area contributed by atoms with Gasteiger partial charge in [-0.1, -0.05) is 30.3 Å². The van der Waals surface area contributed by atoms with E-state index in [1.807, 2.05) is 30.3 Å². The highest BCUT2D eigenvalue weighted by Gasteiger charge is 2.17. The number of nitrogens with zero attached hydrogens (tertiary/aromatic N) is 3. The number of ether oxygens (including phenoxy) is 1. The van der Waals surface area contributed by atoms with E-state index in [0.29, 0.717) is 6.61 Å². The molecule has 0 bridgehead atoms. The van der Waals surface area contributed by atoms with Gasteiger partial charge in [-0.15, -0.1) is 0 Å². The Morgan fingerprint density at radius 3 is 2.50 bits per heavy atom. The predicted molar refractivity (Wildman–Crippen MR) is 96.2 cm³/mol. The summed E-state index contributed by atoms with van der Waals surface area (Å²) in [7, 11) is 0. The van der Waals surface area contributed by atoms with Gasteiger partial charge in [0, 0.05) is 0 Å². The average molecular weight is 321 g/mol. The van der Waals surface area contributed by atoms with E-state index < -0.39 is 0 Å². The van der Waals surface area contributed by atoms with Crippen LogP contribution in [-0.2, 0) is 13.1 Å². The number of likely N-dealkylation sites (tertiary alicyclic amines) is 1. The number of rotatable bonds is 6. The lowest BCUT2D eigenvalue weighted by atomic mass is 10.3. The van der Waals surface area contributed by atoms with Gasteiger partial charge in [0.2, 0.25) is 0 Å². The summed E-state index contributed by atoms with van der Waals surface area (Å²) in [6, 6.07) is 18.4. The molecule has 1 aromatic heterocycles. The summed E-state index contributed by atoms with van der Waals surface area (Å²) in [5, 5.41) is 0. The smallest absolute Gasteiger partial charge is 0.124 e. The fourth-order valence-electron chi connectivity index (χ4n) is 3.41. The molecule has 0 amide bonds. The molecule has 3 aromatic rings. The fourth-order valence-corrected chi connectivity index (χ4v) is 3.41. The Hall–Kier alpha value is -2.33. The molecule has 0 atom stereocenters. The van der Waals surface area contributed by atoms with E-state index >= 15 is 0 Å². The Kier molecular flexibility index (Phi) is 4.47. The molecule has 0 radical (unpaired) electrons. The first-order valence-electron chi connectivity index (χ1n) is 8.74. The molecule has 0 aliphatic carbocycles. The van der Waals surface area contributed by atoms with E-state index in [0.717, 1.165) is 30.2 Å². The molecule has 0 spiro atoms. The van der Waals surface area contributed by atoms with Gasteiger partial charge in [-0.3, -0.25) is 4.90 Å². The first-order chi connectivity index (χ1) is 11.9. The van der Waals surface area contributed by atoms with Crippen LogP contribution in [0.5, 0.6) is 5.75 Å². The zero-order valence-corrected chi connectivity index (χ0v) is 13.9. The molecule has 124 valence electrons. The lowest BCUT2D eigenvalue weighted by molar-refractivity contribution is 0.285. The van der Waals surface area contributed by atoms with Crippen molar-refractivity contribution in [1.82, 2.24) is 14.5 Å². The van der Waals surface area contributed by atoms with E-state index in [1.165, 1.54) is 31.4 Å². The van der Waals surface area contributed by atoms with Crippen LogP contribution in [0.2, 0.25) is 0 Å². The summed E-state index contributed by atoms with van der Waals surface area (Å²) in [5.74, 6) is 2.07. The monoisotopic (exact) mass is 321 g/mol. The molecule has 1 aliphatic heterocycles. The third-order valence-electron chi connectivity index (χ3n) is 4.62. The third kappa shape index (κ3) is 3.29. The van der Waals surface area contributed by atoms with Crippen LogP contribution in [0.3, 0.4) is 0 Å². The van der Waals surface area contributed by atoms with Crippen molar-refractivity contribution in [3.63, 3.8) is 0 Å². The highest BCUT2D eigenvalue weighted by atomic mass is 16.5. The van der Waals surface area contributed by atoms with Crippen LogP contribution >= 0.6 is 0 Å². The molecule has 1 aliphatic rings. The van der Waals surface area contributed by atoms with Crippen LogP contribution in [0.4, 0.5) is 0 Å². The summed E-state index contributed by atoms with van der Waals surface area (Å²) >= 11 is 0. The number of fused-ring (bicyclic) bond motifs is 1. The SMILES string of the molecule is c1ccc(OCCn2c(CN3CCCC3)nc3ccccc32)cc1. The summed E-state index contributed by atoms with van der Waals surface area (Å²) in [4.78, 5) is 7.36. The Morgan fingerprint density at radius 2 is 1.67 bits per heavy atom. The van der Waals surface area contributed by atoms with Gasteiger partial charge in [-0.05, 0) is 50.2 Å². The molecule has 2 heterocycles. The Balaban J connectivity index is 1.53.